The van der Waals surface area contributed by atoms with Crippen molar-refractivity contribution in [3.8, 4) is 0 Å². The third-order valence-electron chi connectivity index (χ3n) is 2.28. The van der Waals surface area contributed by atoms with Gasteiger partial charge in [-0.25, -0.2) is 4.79 Å². The van der Waals surface area contributed by atoms with Crippen LogP contribution in [0.5, 0.6) is 0 Å². The average molecular weight is 217 g/mol. The molecule has 0 radical (unpaired) electrons. The molecule has 0 unspecified atom stereocenters. The summed E-state index contributed by atoms with van der Waals surface area (Å²) in [5.41, 5.74) is 0.201. The highest BCUT2D eigenvalue weighted by Crippen LogP contribution is 2.11. The Hall–Kier alpha value is -1.64. The lowest BCUT2D eigenvalue weighted by Gasteiger charge is -2.19. The lowest BCUT2D eigenvalue weighted by atomic mass is 10.1. The monoisotopic (exact) mass is 217 g/mol. The highest BCUT2D eigenvalue weighted by Gasteiger charge is 2.21. The highest BCUT2D eigenvalue weighted by atomic mass is 16.6. The van der Waals surface area contributed by atoms with Gasteiger partial charge in [-0.3, -0.25) is 4.99 Å². The van der Waals surface area contributed by atoms with Crippen molar-refractivity contribution in [3.63, 3.8) is 0 Å². The first kappa shape index (κ1) is 10.9. The first-order valence-corrected chi connectivity index (χ1v) is 5.33. The van der Waals surface area contributed by atoms with E-state index in [0.29, 0.717) is 12.1 Å². The molecule has 3 heteroatoms. The van der Waals surface area contributed by atoms with Crippen LogP contribution in [0, 0.1) is 0 Å². The fourth-order valence-electron chi connectivity index (χ4n) is 1.63. The molecule has 1 aliphatic rings. The quantitative estimate of drug-likeness (QED) is 0.653. The number of carbonyl (C=O) groups excluding carboxylic acids is 1. The summed E-state index contributed by atoms with van der Waals surface area (Å²) in [6.45, 7) is 6.02. The third kappa shape index (κ3) is 2.13. The van der Waals surface area contributed by atoms with Crippen molar-refractivity contribution < 1.29 is 9.53 Å². The summed E-state index contributed by atoms with van der Waals surface area (Å²) in [6, 6.07) is 7.64. The maximum Gasteiger partial charge on any atom is 0.337 e. The standard InChI is InChI=1S/C13H15NO2/c1-13(2,3)16-12(15)10-8-14-11-7-5-4-6-9(10)11/h4-7H,8H2,1-3H3. The van der Waals surface area contributed by atoms with Gasteiger partial charge >= 0.3 is 5.97 Å². The van der Waals surface area contributed by atoms with E-state index >= 15 is 0 Å². The van der Waals surface area contributed by atoms with Gasteiger partial charge in [-0.05, 0) is 26.8 Å². The second kappa shape index (κ2) is 3.74. The molecule has 0 spiro atoms. The zero-order chi connectivity index (χ0) is 11.8. The number of benzene rings is 1. The molecule has 0 amide bonds. The van der Waals surface area contributed by atoms with Gasteiger partial charge in [0, 0.05) is 5.22 Å². The number of fused-ring (bicyclic) bond motifs is 1. The number of rotatable bonds is 1. The van der Waals surface area contributed by atoms with Crippen LogP contribution in [-0.2, 0) is 9.53 Å². The number of hydrogen-bond acceptors (Lipinski definition) is 3. The van der Waals surface area contributed by atoms with Crippen molar-refractivity contribution in [1.29, 1.82) is 0 Å². The van der Waals surface area contributed by atoms with Crippen molar-refractivity contribution in [1.82, 2.24) is 0 Å². The molecule has 1 aliphatic heterocycles. The topological polar surface area (TPSA) is 38.7 Å². The maximum atomic E-state index is 11.9. The number of esters is 1. The van der Waals surface area contributed by atoms with Gasteiger partial charge in [0.15, 0.2) is 0 Å². The lowest BCUT2D eigenvalue weighted by Crippen LogP contribution is -2.29. The van der Waals surface area contributed by atoms with Crippen molar-refractivity contribution >= 4 is 11.5 Å². The summed E-state index contributed by atoms with van der Waals surface area (Å²) in [5.74, 6) is -0.263. The summed E-state index contributed by atoms with van der Waals surface area (Å²) in [4.78, 5) is 16.2. The van der Waals surface area contributed by atoms with E-state index in [1.54, 1.807) is 0 Å². The minimum atomic E-state index is -0.457. The summed E-state index contributed by atoms with van der Waals surface area (Å²) in [7, 11) is 0. The van der Waals surface area contributed by atoms with Gasteiger partial charge < -0.3 is 4.74 Å². The maximum absolute atomic E-state index is 11.9. The minimum Gasteiger partial charge on any atom is -0.457 e. The molecule has 0 aromatic heterocycles. The summed E-state index contributed by atoms with van der Waals surface area (Å²) in [6.07, 6.45) is 0. The van der Waals surface area contributed by atoms with Crippen LogP contribution in [0.25, 0.3) is 5.57 Å². The van der Waals surface area contributed by atoms with Gasteiger partial charge in [0.1, 0.15) is 5.60 Å². The third-order valence-corrected chi connectivity index (χ3v) is 2.28. The molecule has 1 heterocycles. The lowest BCUT2D eigenvalue weighted by molar-refractivity contribution is -0.147. The first-order chi connectivity index (χ1) is 7.47. The molecule has 0 atom stereocenters. The second-order valence-corrected chi connectivity index (χ2v) is 4.81. The molecule has 0 saturated heterocycles. The van der Waals surface area contributed by atoms with Gasteiger partial charge in [-0.2, -0.15) is 0 Å². The molecule has 0 N–H and O–H groups in total. The Balaban J connectivity index is 2.39. The SMILES string of the molecule is CC(C)(C)OC(=O)C1=c2ccccc2=NC1. The first-order valence-electron chi connectivity index (χ1n) is 5.33. The average Bonchev–Trinajstić information content (AvgIpc) is 2.58. The molecule has 0 fully saturated rings. The fraction of sp³-hybridized carbons (Fsp3) is 0.385. The van der Waals surface area contributed by atoms with Crippen LogP contribution in [-0.4, -0.2) is 18.1 Å². The molecule has 2 rings (SSSR count). The Labute approximate surface area is 94.5 Å². The van der Waals surface area contributed by atoms with Crippen LogP contribution < -0.4 is 10.6 Å². The molecule has 0 saturated carbocycles. The number of carbonyl (C=O) groups is 1. The van der Waals surface area contributed by atoms with Gasteiger partial charge in [-0.1, -0.05) is 18.2 Å². The van der Waals surface area contributed by atoms with Gasteiger partial charge in [0.05, 0.1) is 17.5 Å². The largest absolute Gasteiger partial charge is 0.457 e. The predicted octanol–water partition coefficient (Wildman–Crippen LogP) is 0.812. The van der Waals surface area contributed by atoms with Gasteiger partial charge in [0.25, 0.3) is 0 Å². The molecule has 0 bridgehead atoms. The van der Waals surface area contributed by atoms with Crippen LogP contribution in [0.15, 0.2) is 29.3 Å². The Bertz CT molecular complexity index is 538. The number of nitrogens with zero attached hydrogens (tertiary/aromatic N) is 1. The number of hydrogen-bond donors (Lipinski definition) is 0. The Morgan fingerprint density at radius 3 is 2.69 bits per heavy atom. The van der Waals surface area contributed by atoms with Gasteiger partial charge in [0.2, 0.25) is 0 Å². The Morgan fingerprint density at radius 1 is 1.31 bits per heavy atom. The van der Waals surface area contributed by atoms with Crippen molar-refractivity contribution in [3.05, 3.63) is 34.8 Å². The van der Waals surface area contributed by atoms with Crippen LogP contribution >= 0.6 is 0 Å². The Morgan fingerprint density at radius 2 is 2.00 bits per heavy atom. The van der Waals surface area contributed by atoms with E-state index in [2.05, 4.69) is 4.99 Å². The normalized spacial score (nSPS) is 14.3. The molecule has 0 aliphatic carbocycles. The van der Waals surface area contributed by atoms with E-state index in [1.807, 2.05) is 45.0 Å². The molecule has 16 heavy (non-hydrogen) atoms. The zero-order valence-electron chi connectivity index (χ0n) is 9.78. The van der Waals surface area contributed by atoms with Crippen LogP contribution in [0.2, 0.25) is 0 Å². The van der Waals surface area contributed by atoms with E-state index in [0.717, 1.165) is 10.6 Å². The van der Waals surface area contributed by atoms with E-state index < -0.39 is 5.60 Å². The molecular formula is C13H15NO2. The summed E-state index contributed by atoms with van der Waals surface area (Å²) >= 11 is 0. The second-order valence-electron chi connectivity index (χ2n) is 4.81. The fourth-order valence-corrected chi connectivity index (χ4v) is 1.63. The molecule has 1 aromatic rings. The summed E-state index contributed by atoms with van der Waals surface area (Å²) in [5, 5.41) is 1.78. The molecule has 84 valence electrons. The smallest absolute Gasteiger partial charge is 0.337 e. The summed E-state index contributed by atoms with van der Waals surface area (Å²) < 4.78 is 5.34. The Kier molecular flexibility index (Phi) is 2.54. The van der Waals surface area contributed by atoms with E-state index in [-0.39, 0.29) is 5.97 Å². The molecule has 1 aromatic carbocycles. The number of ether oxygens (including phenoxy) is 1. The minimum absolute atomic E-state index is 0.263. The molecule has 3 nitrogen and oxygen atoms in total. The van der Waals surface area contributed by atoms with E-state index in [4.69, 9.17) is 4.74 Å². The van der Waals surface area contributed by atoms with Crippen LogP contribution in [0.3, 0.4) is 0 Å². The molecular weight excluding hydrogens is 202 g/mol. The van der Waals surface area contributed by atoms with E-state index in [1.165, 1.54) is 0 Å². The van der Waals surface area contributed by atoms with Crippen molar-refractivity contribution in [2.45, 2.75) is 26.4 Å². The zero-order valence-corrected chi connectivity index (χ0v) is 9.78. The van der Waals surface area contributed by atoms with Crippen molar-refractivity contribution in [2.75, 3.05) is 6.54 Å². The van der Waals surface area contributed by atoms with Gasteiger partial charge in [-0.15, -0.1) is 0 Å². The number of para-hydroxylation sites is 1. The van der Waals surface area contributed by atoms with Crippen LogP contribution in [0.4, 0.5) is 0 Å². The van der Waals surface area contributed by atoms with Crippen molar-refractivity contribution in [2.24, 2.45) is 4.99 Å². The van der Waals surface area contributed by atoms with E-state index in [9.17, 15) is 4.79 Å². The predicted molar refractivity (Wildman–Crippen MR) is 61.3 cm³/mol. The van der Waals surface area contributed by atoms with Crippen LogP contribution in [0.1, 0.15) is 20.8 Å². The highest BCUT2D eigenvalue weighted by molar-refractivity contribution is 6.11.